The molecule has 0 aliphatic carbocycles. The number of aryl methyl sites for hydroxylation is 1. The van der Waals surface area contributed by atoms with E-state index in [1.165, 1.54) is 17.7 Å². The molecule has 0 radical (unpaired) electrons. The van der Waals surface area contributed by atoms with Crippen LogP contribution in [0.2, 0.25) is 5.02 Å². The first-order chi connectivity index (χ1) is 11.7. The van der Waals surface area contributed by atoms with Gasteiger partial charge in [0.1, 0.15) is 5.82 Å². The Morgan fingerprint density at radius 2 is 2.00 bits per heavy atom. The van der Waals surface area contributed by atoms with Crippen molar-refractivity contribution in [1.82, 2.24) is 20.2 Å². The smallest absolute Gasteiger partial charge is 0.181 e. The molecule has 0 spiro atoms. The van der Waals surface area contributed by atoms with Crippen LogP contribution in [0.15, 0.2) is 48.7 Å². The maximum absolute atomic E-state index is 13.1. The molecular formula is C17H15ClFN5. The second-order valence-corrected chi connectivity index (χ2v) is 5.48. The number of hydrogen-bond acceptors (Lipinski definition) is 4. The van der Waals surface area contributed by atoms with E-state index in [-0.39, 0.29) is 5.02 Å². The number of halogens is 2. The Balaban J connectivity index is 1.76. The lowest BCUT2D eigenvalue weighted by molar-refractivity contribution is 0.628. The topological polar surface area (TPSA) is 55.6 Å². The van der Waals surface area contributed by atoms with Gasteiger partial charge >= 0.3 is 0 Å². The Labute approximate surface area is 143 Å². The van der Waals surface area contributed by atoms with Crippen molar-refractivity contribution in [2.24, 2.45) is 0 Å². The summed E-state index contributed by atoms with van der Waals surface area (Å²) >= 11 is 5.75. The van der Waals surface area contributed by atoms with Crippen molar-refractivity contribution < 1.29 is 4.39 Å². The minimum Gasteiger partial charge on any atom is -0.362 e. The van der Waals surface area contributed by atoms with Crippen LogP contribution in [0.4, 0.5) is 10.1 Å². The number of aromatic nitrogens is 4. The van der Waals surface area contributed by atoms with E-state index in [2.05, 4.69) is 27.8 Å². The normalized spacial score (nSPS) is 11.1. The SMILES string of the molecule is CCc1ccc(-n2nnnc2C=CNc2ccc(F)c(Cl)c2)cc1. The summed E-state index contributed by atoms with van der Waals surface area (Å²) in [6.45, 7) is 2.10. The van der Waals surface area contributed by atoms with Crippen LogP contribution in [0, 0.1) is 5.82 Å². The van der Waals surface area contributed by atoms with Crippen molar-refractivity contribution >= 4 is 23.4 Å². The van der Waals surface area contributed by atoms with Gasteiger partial charge in [-0.15, -0.1) is 5.10 Å². The summed E-state index contributed by atoms with van der Waals surface area (Å²) in [5, 5.41) is 14.8. The van der Waals surface area contributed by atoms with Crippen molar-refractivity contribution in [3.05, 3.63) is 70.9 Å². The Hall–Kier alpha value is -2.73. The van der Waals surface area contributed by atoms with E-state index in [4.69, 9.17) is 11.6 Å². The molecule has 0 saturated heterocycles. The molecule has 1 aromatic heterocycles. The zero-order chi connectivity index (χ0) is 16.9. The number of anilines is 1. The van der Waals surface area contributed by atoms with Gasteiger partial charge in [-0.25, -0.2) is 4.39 Å². The van der Waals surface area contributed by atoms with Gasteiger partial charge in [-0.1, -0.05) is 30.7 Å². The largest absolute Gasteiger partial charge is 0.362 e. The molecule has 0 atom stereocenters. The van der Waals surface area contributed by atoms with Crippen LogP contribution in [-0.4, -0.2) is 20.2 Å². The first-order valence-electron chi connectivity index (χ1n) is 7.43. The second-order valence-electron chi connectivity index (χ2n) is 5.08. The quantitative estimate of drug-likeness (QED) is 0.757. The minimum absolute atomic E-state index is 0.0641. The zero-order valence-electron chi connectivity index (χ0n) is 12.9. The van der Waals surface area contributed by atoms with Gasteiger partial charge in [0, 0.05) is 18.0 Å². The summed E-state index contributed by atoms with van der Waals surface area (Å²) in [5.41, 5.74) is 2.80. The summed E-state index contributed by atoms with van der Waals surface area (Å²) < 4.78 is 14.8. The fourth-order valence-electron chi connectivity index (χ4n) is 2.15. The highest BCUT2D eigenvalue weighted by Crippen LogP contribution is 2.19. The molecule has 0 fully saturated rings. The van der Waals surface area contributed by atoms with Crippen LogP contribution in [0.3, 0.4) is 0 Å². The molecule has 122 valence electrons. The molecule has 3 aromatic rings. The van der Waals surface area contributed by atoms with Crippen LogP contribution in [-0.2, 0) is 6.42 Å². The van der Waals surface area contributed by atoms with Gasteiger partial charge in [0.2, 0.25) is 0 Å². The molecule has 0 unspecified atom stereocenters. The molecule has 1 heterocycles. The van der Waals surface area contributed by atoms with Gasteiger partial charge in [0.15, 0.2) is 5.82 Å². The number of benzene rings is 2. The van der Waals surface area contributed by atoms with Crippen LogP contribution in [0.1, 0.15) is 18.3 Å². The number of rotatable bonds is 5. The molecule has 0 bridgehead atoms. The van der Waals surface area contributed by atoms with E-state index in [0.29, 0.717) is 11.5 Å². The van der Waals surface area contributed by atoms with Crippen molar-refractivity contribution in [3.8, 4) is 5.69 Å². The summed E-state index contributed by atoms with van der Waals surface area (Å²) in [5.74, 6) is 0.116. The molecule has 0 amide bonds. The summed E-state index contributed by atoms with van der Waals surface area (Å²) in [4.78, 5) is 0. The first-order valence-corrected chi connectivity index (χ1v) is 7.81. The Morgan fingerprint density at radius 1 is 1.21 bits per heavy atom. The monoisotopic (exact) mass is 343 g/mol. The molecule has 0 saturated carbocycles. The molecule has 7 heteroatoms. The van der Waals surface area contributed by atoms with Crippen molar-refractivity contribution in [1.29, 1.82) is 0 Å². The fourth-order valence-corrected chi connectivity index (χ4v) is 2.33. The average Bonchev–Trinajstić information content (AvgIpc) is 3.06. The van der Waals surface area contributed by atoms with Crippen molar-refractivity contribution in [2.45, 2.75) is 13.3 Å². The third kappa shape index (κ3) is 3.60. The maximum atomic E-state index is 13.1. The van der Waals surface area contributed by atoms with Crippen LogP contribution in [0.25, 0.3) is 11.8 Å². The van der Waals surface area contributed by atoms with Gasteiger partial charge in [-0.3, -0.25) is 0 Å². The van der Waals surface area contributed by atoms with Gasteiger partial charge in [0.05, 0.1) is 10.7 Å². The molecule has 0 aliphatic heterocycles. The van der Waals surface area contributed by atoms with Gasteiger partial charge in [-0.2, -0.15) is 4.68 Å². The molecule has 3 rings (SSSR count). The Kier molecular flexibility index (Phi) is 4.86. The number of nitrogens with one attached hydrogen (secondary N) is 1. The summed E-state index contributed by atoms with van der Waals surface area (Å²) in [6, 6.07) is 12.4. The lowest BCUT2D eigenvalue weighted by Crippen LogP contribution is -2.00. The predicted octanol–water partition coefficient (Wildman–Crippen LogP) is 4.10. The molecular weight excluding hydrogens is 329 g/mol. The van der Waals surface area contributed by atoms with E-state index in [0.717, 1.165) is 12.1 Å². The van der Waals surface area contributed by atoms with Crippen LogP contribution in [0.5, 0.6) is 0 Å². The van der Waals surface area contributed by atoms with Crippen LogP contribution < -0.4 is 5.32 Å². The molecule has 5 nitrogen and oxygen atoms in total. The number of nitrogens with zero attached hydrogens (tertiary/aromatic N) is 4. The molecule has 24 heavy (non-hydrogen) atoms. The Morgan fingerprint density at radius 3 is 2.71 bits per heavy atom. The molecule has 1 N–H and O–H groups in total. The van der Waals surface area contributed by atoms with Crippen LogP contribution >= 0.6 is 11.6 Å². The van der Waals surface area contributed by atoms with Gasteiger partial charge < -0.3 is 5.32 Å². The van der Waals surface area contributed by atoms with Crippen molar-refractivity contribution in [2.75, 3.05) is 5.32 Å². The van der Waals surface area contributed by atoms with E-state index >= 15 is 0 Å². The number of tetrazole rings is 1. The standard InChI is InChI=1S/C17H15ClFN5/c1-2-12-3-6-14(7-4-12)24-17(21-22-23-24)9-10-20-13-5-8-16(19)15(18)11-13/h3-11,20H,2H2,1H3. The zero-order valence-corrected chi connectivity index (χ0v) is 13.7. The lowest BCUT2D eigenvalue weighted by Gasteiger charge is -2.04. The van der Waals surface area contributed by atoms with Crippen molar-refractivity contribution in [3.63, 3.8) is 0 Å². The predicted molar refractivity (Wildman–Crippen MR) is 92.6 cm³/mol. The van der Waals surface area contributed by atoms with E-state index < -0.39 is 5.82 Å². The van der Waals surface area contributed by atoms with Gasteiger partial charge in [0.25, 0.3) is 0 Å². The second kappa shape index (κ2) is 7.23. The van der Waals surface area contributed by atoms with E-state index in [1.807, 2.05) is 24.3 Å². The highest BCUT2D eigenvalue weighted by molar-refractivity contribution is 6.31. The highest BCUT2D eigenvalue weighted by atomic mass is 35.5. The minimum atomic E-state index is -0.453. The van der Waals surface area contributed by atoms with E-state index in [9.17, 15) is 4.39 Å². The average molecular weight is 344 g/mol. The number of hydrogen-bond donors (Lipinski definition) is 1. The lowest BCUT2D eigenvalue weighted by atomic mass is 10.1. The molecule has 2 aromatic carbocycles. The first kappa shape index (κ1) is 16.1. The third-order valence-electron chi connectivity index (χ3n) is 3.48. The fraction of sp³-hybridized carbons (Fsp3) is 0.118. The maximum Gasteiger partial charge on any atom is 0.181 e. The van der Waals surface area contributed by atoms with E-state index in [1.54, 1.807) is 23.0 Å². The third-order valence-corrected chi connectivity index (χ3v) is 3.77. The van der Waals surface area contributed by atoms with Gasteiger partial charge in [-0.05, 0) is 52.7 Å². The summed E-state index contributed by atoms with van der Waals surface area (Å²) in [6.07, 6.45) is 4.38. The molecule has 0 aliphatic rings. The summed E-state index contributed by atoms with van der Waals surface area (Å²) in [7, 11) is 0. The Bertz CT molecular complexity index is 858. The highest BCUT2D eigenvalue weighted by Gasteiger charge is 2.05.